The Morgan fingerprint density at radius 3 is 2.89 bits per heavy atom. The standard InChI is InChI=1S/C21H21FN4O2/c1-2-14-5-3-6-17(13-14)23-21(27)26-12-4-7-18(26)20-24-19(25-28-20)15-8-10-16(22)11-9-15/h3,5-6,8-11,13,18H,2,4,7,12H2,1H3,(H,23,27)/t18-/m1/s1. The number of rotatable bonds is 4. The summed E-state index contributed by atoms with van der Waals surface area (Å²) in [4.78, 5) is 19.0. The van der Waals surface area contributed by atoms with Gasteiger partial charge in [0, 0.05) is 17.8 Å². The molecular formula is C21H21FN4O2. The number of likely N-dealkylation sites (tertiary alicyclic amines) is 1. The molecule has 144 valence electrons. The Balaban J connectivity index is 1.50. The molecule has 1 N–H and O–H groups in total. The number of carbonyl (C=O) groups excluding carboxylic acids is 1. The number of aryl methyl sites for hydroxylation is 1. The average molecular weight is 380 g/mol. The van der Waals surface area contributed by atoms with Crippen LogP contribution in [0.3, 0.4) is 0 Å². The van der Waals surface area contributed by atoms with Crippen molar-refractivity contribution in [1.29, 1.82) is 0 Å². The third kappa shape index (κ3) is 3.74. The molecule has 0 aliphatic carbocycles. The quantitative estimate of drug-likeness (QED) is 0.705. The predicted molar refractivity (Wildman–Crippen MR) is 103 cm³/mol. The molecule has 7 heteroatoms. The summed E-state index contributed by atoms with van der Waals surface area (Å²) in [5, 5.41) is 6.95. The van der Waals surface area contributed by atoms with E-state index in [2.05, 4.69) is 22.4 Å². The molecule has 28 heavy (non-hydrogen) atoms. The highest BCUT2D eigenvalue weighted by molar-refractivity contribution is 5.89. The molecule has 2 aromatic carbocycles. The van der Waals surface area contributed by atoms with Gasteiger partial charge in [-0.25, -0.2) is 9.18 Å². The molecule has 1 atom stereocenters. The Morgan fingerprint density at radius 1 is 1.29 bits per heavy atom. The van der Waals surface area contributed by atoms with Gasteiger partial charge < -0.3 is 14.7 Å². The second-order valence-electron chi connectivity index (χ2n) is 6.80. The lowest BCUT2D eigenvalue weighted by Gasteiger charge is -2.22. The van der Waals surface area contributed by atoms with E-state index in [1.165, 1.54) is 12.1 Å². The molecule has 2 heterocycles. The van der Waals surface area contributed by atoms with Gasteiger partial charge in [0.25, 0.3) is 0 Å². The van der Waals surface area contributed by atoms with Crippen LogP contribution in [0.5, 0.6) is 0 Å². The van der Waals surface area contributed by atoms with Crippen LogP contribution in [0.4, 0.5) is 14.9 Å². The molecule has 1 saturated heterocycles. The van der Waals surface area contributed by atoms with E-state index in [-0.39, 0.29) is 17.9 Å². The minimum Gasteiger partial charge on any atom is -0.337 e. The Morgan fingerprint density at radius 2 is 2.11 bits per heavy atom. The fraction of sp³-hybridized carbons (Fsp3) is 0.286. The van der Waals surface area contributed by atoms with Gasteiger partial charge in [-0.3, -0.25) is 0 Å². The summed E-state index contributed by atoms with van der Waals surface area (Å²) in [5.41, 5.74) is 2.60. The number of hydrogen-bond donors (Lipinski definition) is 1. The molecule has 0 spiro atoms. The van der Waals surface area contributed by atoms with Crippen LogP contribution >= 0.6 is 0 Å². The predicted octanol–water partition coefficient (Wildman–Crippen LogP) is 4.81. The summed E-state index contributed by atoms with van der Waals surface area (Å²) in [7, 11) is 0. The Bertz CT molecular complexity index is 971. The van der Waals surface area contributed by atoms with Gasteiger partial charge >= 0.3 is 6.03 Å². The van der Waals surface area contributed by atoms with Crippen molar-refractivity contribution in [2.75, 3.05) is 11.9 Å². The maximum absolute atomic E-state index is 13.1. The van der Waals surface area contributed by atoms with Crippen molar-refractivity contribution in [3.63, 3.8) is 0 Å². The number of hydrogen-bond acceptors (Lipinski definition) is 4. The number of amides is 2. The van der Waals surface area contributed by atoms with Crippen LogP contribution in [0, 0.1) is 5.82 Å². The number of nitrogens with zero attached hydrogens (tertiary/aromatic N) is 3. The summed E-state index contributed by atoms with van der Waals surface area (Å²) in [6.07, 6.45) is 2.53. The van der Waals surface area contributed by atoms with Crippen molar-refractivity contribution in [3.05, 3.63) is 65.8 Å². The van der Waals surface area contributed by atoms with Gasteiger partial charge in [0.2, 0.25) is 11.7 Å². The van der Waals surface area contributed by atoms with Gasteiger partial charge in [-0.1, -0.05) is 24.2 Å². The van der Waals surface area contributed by atoms with Crippen molar-refractivity contribution < 1.29 is 13.7 Å². The van der Waals surface area contributed by atoms with E-state index in [9.17, 15) is 9.18 Å². The summed E-state index contributed by atoms with van der Waals surface area (Å²) >= 11 is 0. The van der Waals surface area contributed by atoms with Crippen molar-refractivity contribution in [2.24, 2.45) is 0 Å². The fourth-order valence-electron chi connectivity index (χ4n) is 3.42. The number of urea groups is 1. The fourth-order valence-corrected chi connectivity index (χ4v) is 3.42. The van der Waals surface area contributed by atoms with Crippen molar-refractivity contribution >= 4 is 11.7 Å². The highest BCUT2D eigenvalue weighted by atomic mass is 19.1. The zero-order valence-electron chi connectivity index (χ0n) is 15.6. The monoisotopic (exact) mass is 380 g/mol. The van der Waals surface area contributed by atoms with Gasteiger partial charge in [-0.2, -0.15) is 4.98 Å². The minimum atomic E-state index is -0.321. The molecule has 1 fully saturated rings. The Kier molecular flexibility index (Phi) is 5.06. The molecule has 1 aliphatic rings. The van der Waals surface area contributed by atoms with E-state index in [1.54, 1.807) is 17.0 Å². The van der Waals surface area contributed by atoms with E-state index in [1.807, 2.05) is 24.3 Å². The number of halogens is 1. The zero-order valence-corrected chi connectivity index (χ0v) is 15.6. The first kappa shape index (κ1) is 18.2. The molecule has 6 nitrogen and oxygen atoms in total. The summed E-state index contributed by atoms with van der Waals surface area (Å²) < 4.78 is 18.5. The largest absolute Gasteiger partial charge is 0.337 e. The number of benzene rings is 2. The smallest absolute Gasteiger partial charge is 0.322 e. The van der Waals surface area contributed by atoms with E-state index in [0.717, 1.165) is 30.5 Å². The van der Waals surface area contributed by atoms with Crippen molar-refractivity contribution in [1.82, 2.24) is 15.0 Å². The second kappa shape index (κ2) is 7.80. The lowest BCUT2D eigenvalue weighted by molar-refractivity contribution is 0.193. The van der Waals surface area contributed by atoms with Gasteiger partial charge in [-0.05, 0) is 61.2 Å². The molecule has 3 aromatic rings. The van der Waals surface area contributed by atoms with Crippen LogP contribution in [-0.2, 0) is 6.42 Å². The molecule has 4 rings (SSSR count). The topological polar surface area (TPSA) is 71.3 Å². The van der Waals surface area contributed by atoms with Crippen LogP contribution in [0.1, 0.15) is 37.3 Å². The first-order valence-electron chi connectivity index (χ1n) is 9.40. The third-order valence-corrected chi connectivity index (χ3v) is 4.93. The van der Waals surface area contributed by atoms with E-state index < -0.39 is 0 Å². The zero-order chi connectivity index (χ0) is 19.5. The van der Waals surface area contributed by atoms with Gasteiger partial charge in [0.05, 0.1) is 0 Å². The number of nitrogens with one attached hydrogen (secondary N) is 1. The number of carbonyl (C=O) groups is 1. The summed E-state index contributed by atoms with van der Waals surface area (Å²) in [5.74, 6) is 0.463. The molecule has 0 bridgehead atoms. The summed E-state index contributed by atoms with van der Waals surface area (Å²) in [6, 6.07) is 13.3. The van der Waals surface area contributed by atoms with Gasteiger partial charge in [0.1, 0.15) is 11.9 Å². The molecule has 1 aliphatic heterocycles. The van der Waals surface area contributed by atoms with E-state index >= 15 is 0 Å². The van der Waals surface area contributed by atoms with Crippen LogP contribution in [-0.4, -0.2) is 27.6 Å². The Labute approximate surface area is 162 Å². The normalized spacial score (nSPS) is 16.4. The average Bonchev–Trinajstić information content (AvgIpc) is 3.38. The first-order valence-corrected chi connectivity index (χ1v) is 9.40. The van der Waals surface area contributed by atoms with Crippen LogP contribution in [0.25, 0.3) is 11.4 Å². The van der Waals surface area contributed by atoms with Crippen molar-refractivity contribution in [2.45, 2.75) is 32.2 Å². The van der Waals surface area contributed by atoms with Gasteiger partial charge in [0.15, 0.2) is 0 Å². The second-order valence-corrected chi connectivity index (χ2v) is 6.80. The molecule has 1 aromatic heterocycles. The maximum atomic E-state index is 13.1. The molecular weight excluding hydrogens is 359 g/mol. The molecule has 0 radical (unpaired) electrons. The van der Waals surface area contributed by atoms with Crippen LogP contribution in [0.2, 0.25) is 0 Å². The molecule has 0 saturated carbocycles. The highest BCUT2D eigenvalue weighted by Crippen LogP contribution is 2.32. The summed E-state index contributed by atoms with van der Waals surface area (Å²) in [6.45, 7) is 2.70. The van der Waals surface area contributed by atoms with Gasteiger partial charge in [-0.15, -0.1) is 0 Å². The van der Waals surface area contributed by atoms with Crippen molar-refractivity contribution in [3.8, 4) is 11.4 Å². The third-order valence-electron chi connectivity index (χ3n) is 4.93. The first-order chi connectivity index (χ1) is 13.6. The van der Waals surface area contributed by atoms with E-state index in [4.69, 9.17) is 4.52 Å². The molecule has 2 amide bonds. The van der Waals surface area contributed by atoms with Crippen LogP contribution < -0.4 is 5.32 Å². The number of anilines is 1. The SMILES string of the molecule is CCc1cccc(NC(=O)N2CCC[C@@H]2c2nc(-c3ccc(F)cc3)no2)c1. The molecule has 0 unspecified atom stereocenters. The maximum Gasteiger partial charge on any atom is 0.322 e. The highest BCUT2D eigenvalue weighted by Gasteiger charge is 2.34. The lowest BCUT2D eigenvalue weighted by Crippen LogP contribution is -2.34. The Hall–Kier alpha value is -3.22. The lowest BCUT2D eigenvalue weighted by atomic mass is 10.1. The van der Waals surface area contributed by atoms with E-state index in [0.29, 0.717) is 23.8 Å². The van der Waals surface area contributed by atoms with Crippen LogP contribution in [0.15, 0.2) is 53.1 Å². The number of aromatic nitrogens is 2. The minimum absolute atomic E-state index is 0.183.